The highest BCUT2D eigenvalue weighted by Crippen LogP contribution is 2.28. The second-order valence-electron chi connectivity index (χ2n) is 10.9. The molecule has 6 nitrogen and oxygen atoms in total. The van der Waals surface area contributed by atoms with Gasteiger partial charge in [0.1, 0.15) is 11.9 Å². The number of carbonyl (C=O) groups is 2. The fourth-order valence-corrected chi connectivity index (χ4v) is 6.02. The molecule has 1 aliphatic rings. The lowest BCUT2D eigenvalue weighted by Gasteiger charge is -2.23. The largest absolute Gasteiger partial charge is 0.386 e. The van der Waals surface area contributed by atoms with Crippen molar-refractivity contribution >= 4 is 21.5 Å². The van der Waals surface area contributed by atoms with E-state index in [0.717, 1.165) is 0 Å². The van der Waals surface area contributed by atoms with E-state index >= 15 is 0 Å². The molecule has 1 amide bonds. The number of amides is 1. The lowest BCUT2D eigenvalue weighted by Crippen LogP contribution is -2.39. The minimum Gasteiger partial charge on any atom is -0.386 e. The Labute approximate surface area is 206 Å². The number of rotatable bonds is 7. The zero-order valence-electron chi connectivity index (χ0n) is 20.9. The van der Waals surface area contributed by atoms with Crippen molar-refractivity contribution in [3.8, 4) is 0 Å². The monoisotopic (exact) mass is 503 g/mol. The third-order valence-corrected chi connectivity index (χ3v) is 8.15. The summed E-state index contributed by atoms with van der Waals surface area (Å²) in [6, 6.07) is 10.4. The summed E-state index contributed by atoms with van der Waals surface area (Å²) in [5, 5.41) is 13.0. The van der Waals surface area contributed by atoms with Gasteiger partial charge < -0.3 is 10.4 Å². The molecule has 190 valence electrons. The van der Waals surface area contributed by atoms with Crippen molar-refractivity contribution in [1.29, 1.82) is 0 Å². The molecule has 1 aliphatic heterocycles. The maximum Gasteiger partial charge on any atom is 0.225 e. The van der Waals surface area contributed by atoms with Gasteiger partial charge in [-0.1, -0.05) is 57.2 Å². The van der Waals surface area contributed by atoms with Crippen LogP contribution in [0.4, 0.5) is 4.39 Å². The fourth-order valence-electron chi connectivity index (χ4n) is 4.28. The molecule has 8 heteroatoms. The highest BCUT2D eigenvalue weighted by atomic mass is 32.2. The first-order valence-electron chi connectivity index (χ1n) is 11.7. The van der Waals surface area contributed by atoms with Crippen molar-refractivity contribution in [1.82, 2.24) is 5.32 Å². The number of hydrogen-bond donors (Lipinski definition) is 2. The number of ketones is 1. The maximum absolute atomic E-state index is 14.7. The molecule has 2 N–H and O–H groups in total. The second kappa shape index (κ2) is 9.82. The van der Waals surface area contributed by atoms with Crippen LogP contribution in [0.5, 0.6) is 0 Å². The number of halogens is 1. The number of Topliss-reactive ketones (excluding diaryl/α,β-unsaturated/α-hetero) is 1. The third-order valence-electron chi connectivity index (χ3n) is 6.38. The standard InChI is InChI=1S/C27H34FNO5S/c1-26(2,3)21-11-6-17(14-22(21)28)15-23(30)24(18-7-9-20(10-8-18)27(4,5)32)29-25(31)19-12-13-35(33,34)16-19/h6-11,14,19,24,32H,12-13,15-16H2,1-5H3,(H,29,31). The zero-order chi connectivity index (χ0) is 26.2. The molecule has 35 heavy (non-hydrogen) atoms. The molecular formula is C27H34FNO5S. The molecule has 0 radical (unpaired) electrons. The quantitative estimate of drug-likeness (QED) is 0.599. The molecule has 0 aliphatic carbocycles. The summed E-state index contributed by atoms with van der Waals surface area (Å²) < 4.78 is 38.4. The van der Waals surface area contributed by atoms with Crippen molar-refractivity contribution in [2.45, 2.75) is 64.5 Å². The van der Waals surface area contributed by atoms with Crippen LogP contribution in [-0.2, 0) is 36.9 Å². The van der Waals surface area contributed by atoms with Gasteiger partial charge in [0.25, 0.3) is 0 Å². The van der Waals surface area contributed by atoms with Gasteiger partial charge in [-0.05, 0) is 54.0 Å². The number of aliphatic hydroxyl groups is 1. The van der Waals surface area contributed by atoms with E-state index in [1.807, 2.05) is 20.8 Å². The average Bonchev–Trinajstić information content (AvgIpc) is 3.10. The van der Waals surface area contributed by atoms with E-state index in [2.05, 4.69) is 5.32 Å². The molecule has 2 aromatic carbocycles. The van der Waals surface area contributed by atoms with Crippen LogP contribution in [0.1, 0.15) is 69.3 Å². The Balaban J connectivity index is 1.88. The van der Waals surface area contributed by atoms with Gasteiger partial charge in [-0.2, -0.15) is 0 Å². The molecular weight excluding hydrogens is 469 g/mol. The van der Waals surface area contributed by atoms with Crippen molar-refractivity contribution in [2.24, 2.45) is 5.92 Å². The smallest absolute Gasteiger partial charge is 0.225 e. The Hall–Kier alpha value is -2.58. The molecule has 0 bridgehead atoms. The molecule has 0 aromatic heterocycles. The van der Waals surface area contributed by atoms with E-state index in [1.54, 1.807) is 50.2 Å². The topological polar surface area (TPSA) is 101 Å². The van der Waals surface area contributed by atoms with Crippen molar-refractivity contribution in [3.63, 3.8) is 0 Å². The Morgan fingerprint density at radius 1 is 1.09 bits per heavy atom. The molecule has 1 fully saturated rings. The van der Waals surface area contributed by atoms with Crippen molar-refractivity contribution < 1.29 is 27.5 Å². The van der Waals surface area contributed by atoms with Gasteiger partial charge >= 0.3 is 0 Å². The number of nitrogens with one attached hydrogen (secondary N) is 1. The van der Waals surface area contributed by atoms with Crippen molar-refractivity contribution in [2.75, 3.05) is 11.5 Å². The summed E-state index contributed by atoms with van der Waals surface area (Å²) in [6.45, 7) is 9.00. The lowest BCUT2D eigenvalue weighted by atomic mass is 9.85. The van der Waals surface area contributed by atoms with E-state index in [9.17, 15) is 27.5 Å². The van der Waals surface area contributed by atoms with Gasteiger partial charge in [-0.25, -0.2) is 12.8 Å². The van der Waals surface area contributed by atoms with Gasteiger partial charge in [0.15, 0.2) is 15.6 Å². The van der Waals surface area contributed by atoms with Gasteiger partial charge in [0.2, 0.25) is 5.91 Å². The number of sulfone groups is 1. The molecule has 0 spiro atoms. The number of hydrogen-bond acceptors (Lipinski definition) is 5. The minimum atomic E-state index is -3.27. The Kier molecular flexibility index (Phi) is 7.58. The Morgan fingerprint density at radius 2 is 1.71 bits per heavy atom. The van der Waals surface area contributed by atoms with Crippen LogP contribution < -0.4 is 5.32 Å². The molecule has 0 saturated carbocycles. The minimum absolute atomic E-state index is 0.0522. The number of carbonyl (C=O) groups excluding carboxylic acids is 2. The van der Waals surface area contributed by atoms with Crippen LogP contribution in [0.3, 0.4) is 0 Å². The summed E-state index contributed by atoms with van der Waals surface area (Å²) in [6.07, 6.45) is 0.106. The van der Waals surface area contributed by atoms with Crippen LogP contribution in [-0.4, -0.2) is 36.7 Å². The fraction of sp³-hybridized carbons (Fsp3) is 0.481. The van der Waals surface area contributed by atoms with Gasteiger partial charge in [0, 0.05) is 6.42 Å². The van der Waals surface area contributed by atoms with Crippen molar-refractivity contribution in [3.05, 3.63) is 70.5 Å². The molecule has 3 rings (SSSR count). The van der Waals surface area contributed by atoms with E-state index < -0.39 is 39.1 Å². The molecule has 2 aromatic rings. The third kappa shape index (κ3) is 6.76. The molecule has 2 unspecified atom stereocenters. The summed E-state index contributed by atoms with van der Waals surface area (Å²) in [5.41, 5.74) is 0.711. The van der Waals surface area contributed by atoms with E-state index in [4.69, 9.17) is 0 Å². The van der Waals surface area contributed by atoms with Crippen LogP contribution in [0, 0.1) is 11.7 Å². The van der Waals surface area contributed by atoms with Crippen LogP contribution >= 0.6 is 0 Å². The summed E-state index contributed by atoms with van der Waals surface area (Å²) in [7, 11) is -3.27. The maximum atomic E-state index is 14.7. The highest BCUT2D eigenvalue weighted by molar-refractivity contribution is 7.91. The van der Waals surface area contributed by atoms with E-state index in [-0.39, 0.29) is 35.5 Å². The normalized spacial score (nSPS) is 18.8. The van der Waals surface area contributed by atoms with Gasteiger partial charge in [0.05, 0.1) is 23.0 Å². The van der Waals surface area contributed by atoms with E-state index in [1.165, 1.54) is 6.07 Å². The predicted octanol–water partition coefficient (Wildman–Crippen LogP) is 3.75. The summed E-state index contributed by atoms with van der Waals surface area (Å²) in [5.74, 6) is -2.24. The van der Waals surface area contributed by atoms with Gasteiger partial charge in [-0.15, -0.1) is 0 Å². The van der Waals surface area contributed by atoms with Crippen LogP contribution in [0.15, 0.2) is 42.5 Å². The molecule has 1 heterocycles. The zero-order valence-corrected chi connectivity index (χ0v) is 21.7. The predicted molar refractivity (Wildman–Crippen MR) is 133 cm³/mol. The Morgan fingerprint density at radius 3 is 2.20 bits per heavy atom. The Bertz CT molecular complexity index is 1210. The summed E-state index contributed by atoms with van der Waals surface area (Å²) >= 11 is 0. The summed E-state index contributed by atoms with van der Waals surface area (Å²) in [4.78, 5) is 26.2. The lowest BCUT2D eigenvalue weighted by molar-refractivity contribution is -0.129. The number of benzene rings is 2. The first kappa shape index (κ1) is 27.0. The van der Waals surface area contributed by atoms with E-state index in [0.29, 0.717) is 22.3 Å². The van der Waals surface area contributed by atoms with Crippen LogP contribution in [0.2, 0.25) is 0 Å². The van der Waals surface area contributed by atoms with Crippen LogP contribution in [0.25, 0.3) is 0 Å². The van der Waals surface area contributed by atoms with Gasteiger partial charge in [-0.3, -0.25) is 9.59 Å². The second-order valence-corrected chi connectivity index (χ2v) is 13.2. The first-order valence-corrected chi connectivity index (χ1v) is 13.5. The SMILES string of the molecule is CC(C)(C)c1ccc(CC(=O)C(NC(=O)C2CCS(=O)(=O)C2)c2ccc(C(C)(C)O)cc2)cc1F. The average molecular weight is 504 g/mol. The molecule has 2 atom stereocenters. The molecule has 1 saturated heterocycles. The first-order chi connectivity index (χ1) is 16.1. The highest BCUT2D eigenvalue weighted by Gasteiger charge is 2.35.